The number of pyridine rings is 1. The molecule has 1 aliphatic heterocycles. The van der Waals surface area contributed by atoms with E-state index < -0.39 is 16.1 Å². The minimum absolute atomic E-state index is 0.276. The van der Waals surface area contributed by atoms with Crippen molar-refractivity contribution >= 4 is 56.1 Å². The van der Waals surface area contributed by atoms with Gasteiger partial charge in [0.2, 0.25) is 5.52 Å². The van der Waals surface area contributed by atoms with Crippen LogP contribution in [0.5, 0.6) is 0 Å². The Kier molecular flexibility index (Phi) is 8.07. The van der Waals surface area contributed by atoms with Crippen molar-refractivity contribution in [3.8, 4) is 0 Å². The van der Waals surface area contributed by atoms with Gasteiger partial charge in [-0.1, -0.05) is 48.2 Å². The molecule has 0 amide bonds. The van der Waals surface area contributed by atoms with Gasteiger partial charge in [0, 0.05) is 23.6 Å². The Balaban J connectivity index is 1.62. The first-order chi connectivity index (χ1) is 19.2. The Bertz CT molecular complexity index is 1750. The van der Waals surface area contributed by atoms with Crippen molar-refractivity contribution in [1.82, 2.24) is 0 Å². The zero-order valence-corrected chi connectivity index (χ0v) is 23.8. The number of fused-ring (bicyclic) bond motifs is 2. The molecule has 204 valence electrons. The molecule has 0 fully saturated rings. The predicted octanol–water partition coefficient (Wildman–Crippen LogP) is 5.72. The number of para-hydroxylation sites is 2. The van der Waals surface area contributed by atoms with Crippen molar-refractivity contribution in [3.63, 3.8) is 0 Å². The number of aromatic nitrogens is 1. The molecule has 1 aromatic heterocycles. The van der Waals surface area contributed by atoms with Gasteiger partial charge in [0.15, 0.2) is 6.20 Å². The van der Waals surface area contributed by atoms with Gasteiger partial charge < -0.3 is 9.64 Å². The van der Waals surface area contributed by atoms with Crippen LogP contribution in [0.4, 0.5) is 5.69 Å². The summed E-state index contributed by atoms with van der Waals surface area (Å²) in [7, 11) is -0.685. The highest BCUT2D eigenvalue weighted by molar-refractivity contribution is 8.03. The number of carbonyl (C=O) groups excluding carboxylic acids is 1. The number of carbonyl (C=O) groups is 1. The number of rotatable bonds is 8. The monoisotopic (exact) mass is 573 g/mol. The average Bonchev–Trinajstić information content (AvgIpc) is 3.30. The van der Waals surface area contributed by atoms with Gasteiger partial charge in [-0.3, -0.25) is 4.55 Å². The summed E-state index contributed by atoms with van der Waals surface area (Å²) in [6.07, 6.45) is 6.52. The van der Waals surface area contributed by atoms with Crippen LogP contribution in [0.15, 0.2) is 101 Å². The van der Waals surface area contributed by atoms with E-state index in [-0.39, 0.29) is 12.2 Å². The number of hydrogen-bond acceptors (Lipinski definition) is 6. The molecule has 0 bridgehead atoms. The molecule has 7 nitrogen and oxygen atoms in total. The molecule has 4 aromatic rings. The summed E-state index contributed by atoms with van der Waals surface area (Å²) in [4.78, 5) is 15.2. The quantitative estimate of drug-likeness (QED) is 0.164. The molecule has 0 saturated heterocycles. The third-order valence-corrected chi connectivity index (χ3v) is 8.64. The summed E-state index contributed by atoms with van der Waals surface area (Å²) in [6.45, 7) is 0.425. The van der Waals surface area contributed by atoms with Crippen molar-refractivity contribution < 1.29 is 27.1 Å². The van der Waals surface area contributed by atoms with Crippen LogP contribution in [0.3, 0.4) is 0 Å². The third kappa shape index (κ3) is 6.12. The summed E-state index contributed by atoms with van der Waals surface area (Å²) in [5.74, 6) is -0.710. The second-order valence-electron chi connectivity index (χ2n) is 9.41. The van der Waals surface area contributed by atoms with Crippen molar-refractivity contribution in [2.24, 2.45) is 7.05 Å². The van der Waals surface area contributed by atoms with Crippen molar-refractivity contribution in [3.05, 3.63) is 113 Å². The molecule has 40 heavy (non-hydrogen) atoms. The molecule has 2 heterocycles. The summed E-state index contributed by atoms with van der Waals surface area (Å²) >= 11 is 1.61. The molecule has 1 N–H and O–H groups in total. The lowest BCUT2D eigenvalue weighted by atomic mass is 9.99. The smallest absolute Gasteiger partial charge is 0.337 e. The molecule has 0 radical (unpaired) electrons. The summed E-state index contributed by atoms with van der Waals surface area (Å²) in [6, 6.07) is 25.5. The number of anilines is 1. The van der Waals surface area contributed by atoms with Gasteiger partial charge in [0.25, 0.3) is 10.1 Å². The van der Waals surface area contributed by atoms with Crippen molar-refractivity contribution in [2.45, 2.75) is 11.3 Å². The molecular weight excluding hydrogens is 544 g/mol. The van der Waals surface area contributed by atoms with Gasteiger partial charge in [0.1, 0.15) is 7.05 Å². The van der Waals surface area contributed by atoms with Crippen LogP contribution in [0.1, 0.15) is 27.9 Å². The zero-order valence-electron chi connectivity index (χ0n) is 22.2. The highest BCUT2D eigenvalue weighted by Gasteiger charge is 2.25. The first-order valence-corrected chi connectivity index (χ1v) is 15.2. The number of nitrogens with zero attached hydrogens (tertiary/aromatic N) is 2. The summed E-state index contributed by atoms with van der Waals surface area (Å²) in [5.41, 5.74) is 5.42. The molecule has 9 heteroatoms. The van der Waals surface area contributed by atoms with Gasteiger partial charge >= 0.3 is 5.97 Å². The maximum atomic E-state index is 12.1. The lowest BCUT2D eigenvalue weighted by molar-refractivity contribution is -0.644. The molecule has 0 saturated carbocycles. The van der Waals surface area contributed by atoms with E-state index in [0.29, 0.717) is 12.1 Å². The highest BCUT2D eigenvalue weighted by Crippen LogP contribution is 2.47. The number of allylic oxidation sites excluding steroid dienone is 2. The van der Waals surface area contributed by atoms with Gasteiger partial charge in [-0.05, 0) is 65.6 Å². The number of benzene rings is 3. The van der Waals surface area contributed by atoms with Gasteiger partial charge in [0.05, 0.1) is 34.5 Å². The number of ether oxygens (including phenoxy) is 1. The normalized spacial score (nSPS) is 14.5. The Morgan fingerprint density at radius 3 is 2.45 bits per heavy atom. The standard InChI is InChI=1S/C31H28N2O5S2/c1-32-18-16-24(26-8-3-4-9-27(26)32)20-25(22-12-14-23(15-13-22)31(34)38-2)21-30-33(17-7-19-40(35,36)37)28-10-5-6-11-29(28)39-30/h3-6,8-16,18,20-21H,7,17,19H2,1-2H3/p+1. The second kappa shape index (κ2) is 11.7. The van der Waals surface area contributed by atoms with Gasteiger partial charge in [-0.2, -0.15) is 8.42 Å². The van der Waals surface area contributed by atoms with Crippen molar-refractivity contribution in [1.29, 1.82) is 0 Å². The molecule has 5 rings (SSSR count). The average molecular weight is 574 g/mol. The molecule has 0 atom stereocenters. The lowest BCUT2D eigenvalue weighted by Gasteiger charge is -2.21. The lowest BCUT2D eigenvalue weighted by Crippen LogP contribution is -2.28. The zero-order chi connectivity index (χ0) is 28.3. The number of methoxy groups -OCH3 is 1. The minimum atomic E-state index is -4.06. The van der Waals surface area contributed by atoms with Crippen LogP contribution in [-0.2, 0) is 21.9 Å². The van der Waals surface area contributed by atoms with E-state index in [1.807, 2.05) is 61.8 Å². The molecule has 3 aromatic carbocycles. The Morgan fingerprint density at radius 2 is 1.70 bits per heavy atom. The molecule has 0 aliphatic carbocycles. The highest BCUT2D eigenvalue weighted by atomic mass is 32.2. The Hall–Kier alpha value is -3.92. The molecular formula is C31H29N2O5S2+. The van der Waals surface area contributed by atoms with Crippen LogP contribution < -0.4 is 9.47 Å². The fourth-order valence-electron chi connectivity index (χ4n) is 4.73. The van der Waals surface area contributed by atoms with Crippen LogP contribution in [0.25, 0.3) is 22.6 Å². The maximum absolute atomic E-state index is 12.1. The Labute approximate surface area is 238 Å². The second-order valence-corrected chi connectivity index (χ2v) is 12.0. The molecule has 0 unspecified atom stereocenters. The van der Waals surface area contributed by atoms with E-state index in [2.05, 4.69) is 39.8 Å². The maximum Gasteiger partial charge on any atom is 0.337 e. The van der Waals surface area contributed by atoms with Gasteiger partial charge in [-0.25, -0.2) is 9.36 Å². The minimum Gasteiger partial charge on any atom is -0.465 e. The van der Waals surface area contributed by atoms with E-state index in [9.17, 15) is 17.8 Å². The fourth-order valence-corrected chi connectivity index (χ4v) is 6.37. The van der Waals surface area contributed by atoms with E-state index in [4.69, 9.17) is 4.74 Å². The first kappa shape index (κ1) is 27.6. The largest absolute Gasteiger partial charge is 0.465 e. The number of aryl methyl sites for hydroxylation is 1. The van der Waals surface area contributed by atoms with E-state index in [1.165, 1.54) is 7.11 Å². The topological polar surface area (TPSA) is 87.8 Å². The summed E-state index contributed by atoms with van der Waals surface area (Å²) in [5, 5.41) is 2.03. The van der Waals surface area contributed by atoms with E-state index in [0.717, 1.165) is 43.2 Å². The van der Waals surface area contributed by atoms with Gasteiger partial charge in [-0.15, -0.1) is 0 Å². The summed E-state index contributed by atoms with van der Waals surface area (Å²) < 4.78 is 39.0. The van der Waals surface area contributed by atoms with Crippen LogP contribution >= 0.6 is 11.8 Å². The SMILES string of the molecule is COC(=O)c1ccc(C(=C\c2cc[n+](C)c3ccccc23)/C=C2\Sc3ccccc3N2CCCS(=O)(=O)O)cc1. The van der Waals surface area contributed by atoms with Crippen LogP contribution in [-0.4, -0.2) is 38.3 Å². The number of thioether (sulfide) groups is 1. The first-order valence-electron chi connectivity index (χ1n) is 12.7. The van der Waals surface area contributed by atoms with E-state index >= 15 is 0 Å². The molecule has 1 aliphatic rings. The fraction of sp³-hybridized carbons (Fsp3) is 0.161. The number of esters is 1. The number of hydrogen-bond donors (Lipinski definition) is 1. The van der Waals surface area contributed by atoms with E-state index in [1.54, 1.807) is 23.9 Å². The van der Waals surface area contributed by atoms with Crippen LogP contribution in [0.2, 0.25) is 0 Å². The molecule has 0 spiro atoms. The Morgan fingerprint density at radius 1 is 1.00 bits per heavy atom. The van der Waals surface area contributed by atoms with Crippen LogP contribution in [0, 0.1) is 0 Å². The van der Waals surface area contributed by atoms with Crippen molar-refractivity contribution in [2.75, 3.05) is 24.3 Å². The predicted molar refractivity (Wildman–Crippen MR) is 160 cm³/mol. The third-order valence-electron chi connectivity index (χ3n) is 6.72.